The molecule has 0 fully saturated rings. The Balaban J connectivity index is 3.19. The molecular formula is C10H21NO3S. The highest BCUT2D eigenvalue weighted by molar-refractivity contribution is 7.99. The molecule has 2 N–H and O–H groups in total. The predicted molar refractivity (Wildman–Crippen MR) is 63.1 cm³/mol. The van der Waals surface area contributed by atoms with E-state index < -0.39 is 0 Å². The quantitative estimate of drug-likeness (QED) is 0.576. The third kappa shape index (κ3) is 11.7. The standard InChI is InChI=1S/C10H21NO3S/c1-9(12)4-3-5-11-10(13)8-15-7-6-14-2/h9,12H,3-8H2,1-2H3,(H,11,13). The fraction of sp³-hybridized carbons (Fsp3) is 0.900. The highest BCUT2D eigenvalue weighted by atomic mass is 32.2. The minimum Gasteiger partial charge on any atom is -0.393 e. The number of thioether (sulfide) groups is 1. The van der Waals surface area contributed by atoms with Crippen LogP contribution in [0.2, 0.25) is 0 Å². The summed E-state index contributed by atoms with van der Waals surface area (Å²) in [5, 5.41) is 11.8. The maximum absolute atomic E-state index is 11.2. The number of nitrogens with one attached hydrogen (secondary N) is 1. The Kier molecular flexibility index (Phi) is 10.1. The monoisotopic (exact) mass is 235 g/mol. The Hall–Kier alpha value is -0.260. The zero-order chi connectivity index (χ0) is 11.5. The van der Waals surface area contributed by atoms with Crippen molar-refractivity contribution in [1.29, 1.82) is 0 Å². The van der Waals surface area contributed by atoms with Gasteiger partial charge in [-0.05, 0) is 19.8 Å². The van der Waals surface area contributed by atoms with E-state index in [1.165, 1.54) is 0 Å². The molecule has 0 aliphatic heterocycles. The molecule has 0 saturated carbocycles. The van der Waals surface area contributed by atoms with Crippen LogP contribution in [-0.2, 0) is 9.53 Å². The maximum Gasteiger partial charge on any atom is 0.229 e. The predicted octanol–water partition coefficient (Wildman–Crippen LogP) is 0.643. The smallest absolute Gasteiger partial charge is 0.229 e. The van der Waals surface area contributed by atoms with Crippen LogP contribution in [0.15, 0.2) is 0 Å². The van der Waals surface area contributed by atoms with Gasteiger partial charge in [-0.1, -0.05) is 0 Å². The second-order valence-corrected chi connectivity index (χ2v) is 4.49. The van der Waals surface area contributed by atoms with Crippen molar-refractivity contribution in [2.24, 2.45) is 0 Å². The Morgan fingerprint density at radius 1 is 1.60 bits per heavy atom. The summed E-state index contributed by atoms with van der Waals surface area (Å²) in [6, 6.07) is 0. The molecule has 0 saturated heterocycles. The molecule has 15 heavy (non-hydrogen) atoms. The van der Waals surface area contributed by atoms with Crippen LogP contribution in [0.25, 0.3) is 0 Å². The van der Waals surface area contributed by atoms with Gasteiger partial charge in [-0.3, -0.25) is 4.79 Å². The number of amides is 1. The Morgan fingerprint density at radius 2 is 2.33 bits per heavy atom. The van der Waals surface area contributed by atoms with Crippen molar-refractivity contribution < 1.29 is 14.6 Å². The number of ether oxygens (including phenoxy) is 1. The molecule has 0 rings (SSSR count). The molecule has 1 unspecified atom stereocenters. The van der Waals surface area contributed by atoms with Gasteiger partial charge in [0.1, 0.15) is 0 Å². The number of carbonyl (C=O) groups is 1. The molecule has 90 valence electrons. The van der Waals surface area contributed by atoms with Gasteiger partial charge in [0.05, 0.1) is 18.5 Å². The molecule has 0 spiro atoms. The molecule has 0 radical (unpaired) electrons. The van der Waals surface area contributed by atoms with Gasteiger partial charge in [0.15, 0.2) is 0 Å². The molecule has 1 atom stereocenters. The van der Waals surface area contributed by atoms with Crippen LogP contribution in [0.1, 0.15) is 19.8 Å². The highest BCUT2D eigenvalue weighted by Crippen LogP contribution is 1.99. The first-order valence-electron chi connectivity index (χ1n) is 5.18. The van der Waals surface area contributed by atoms with E-state index in [-0.39, 0.29) is 12.0 Å². The van der Waals surface area contributed by atoms with Crippen molar-refractivity contribution in [1.82, 2.24) is 5.32 Å². The normalized spacial score (nSPS) is 12.5. The zero-order valence-electron chi connectivity index (χ0n) is 9.49. The van der Waals surface area contributed by atoms with Gasteiger partial charge in [-0.15, -0.1) is 11.8 Å². The SMILES string of the molecule is COCCSCC(=O)NCCCC(C)O. The lowest BCUT2D eigenvalue weighted by Gasteiger charge is -2.06. The van der Waals surface area contributed by atoms with E-state index in [0.717, 1.165) is 18.6 Å². The molecule has 0 aromatic heterocycles. The molecule has 0 heterocycles. The van der Waals surface area contributed by atoms with Crippen molar-refractivity contribution in [3.63, 3.8) is 0 Å². The number of rotatable bonds is 9. The highest BCUT2D eigenvalue weighted by Gasteiger charge is 2.01. The first kappa shape index (κ1) is 14.7. The van der Waals surface area contributed by atoms with E-state index >= 15 is 0 Å². The minimum absolute atomic E-state index is 0.0571. The molecule has 0 aliphatic carbocycles. The van der Waals surface area contributed by atoms with E-state index in [1.807, 2.05) is 0 Å². The minimum atomic E-state index is -0.280. The molecule has 0 aromatic carbocycles. The fourth-order valence-electron chi connectivity index (χ4n) is 0.983. The van der Waals surface area contributed by atoms with Crippen LogP contribution in [0, 0.1) is 0 Å². The topological polar surface area (TPSA) is 58.6 Å². The van der Waals surface area contributed by atoms with Crippen molar-refractivity contribution in [2.75, 3.05) is 31.8 Å². The average Bonchev–Trinajstić information content (AvgIpc) is 2.19. The molecular weight excluding hydrogens is 214 g/mol. The third-order valence-electron chi connectivity index (χ3n) is 1.79. The Labute approximate surface area is 95.8 Å². The number of carbonyl (C=O) groups excluding carboxylic acids is 1. The van der Waals surface area contributed by atoms with Crippen molar-refractivity contribution >= 4 is 17.7 Å². The second kappa shape index (κ2) is 10.3. The Morgan fingerprint density at radius 3 is 2.93 bits per heavy atom. The summed E-state index contributed by atoms with van der Waals surface area (Å²) >= 11 is 1.56. The summed E-state index contributed by atoms with van der Waals surface area (Å²) in [5.41, 5.74) is 0. The molecule has 0 aromatic rings. The number of aliphatic hydroxyl groups excluding tert-OH is 1. The van der Waals surface area contributed by atoms with Gasteiger partial charge < -0.3 is 15.2 Å². The third-order valence-corrected chi connectivity index (χ3v) is 2.71. The van der Waals surface area contributed by atoms with Gasteiger partial charge >= 0.3 is 0 Å². The van der Waals surface area contributed by atoms with E-state index in [4.69, 9.17) is 9.84 Å². The number of methoxy groups -OCH3 is 1. The molecule has 4 nitrogen and oxygen atoms in total. The van der Waals surface area contributed by atoms with Crippen LogP contribution in [-0.4, -0.2) is 48.9 Å². The lowest BCUT2D eigenvalue weighted by Crippen LogP contribution is -2.26. The van der Waals surface area contributed by atoms with Gasteiger partial charge in [0, 0.05) is 19.4 Å². The van der Waals surface area contributed by atoms with Crippen LogP contribution in [0.3, 0.4) is 0 Å². The largest absolute Gasteiger partial charge is 0.393 e. The molecule has 0 bridgehead atoms. The van der Waals surface area contributed by atoms with E-state index in [0.29, 0.717) is 18.9 Å². The maximum atomic E-state index is 11.2. The van der Waals surface area contributed by atoms with Gasteiger partial charge in [0.25, 0.3) is 0 Å². The summed E-state index contributed by atoms with van der Waals surface area (Å²) in [6.07, 6.45) is 1.28. The van der Waals surface area contributed by atoms with Crippen molar-refractivity contribution in [2.45, 2.75) is 25.9 Å². The Bertz CT molecular complexity index is 165. The van der Waals surface area contributed by atoms with E-state index in [1.54, 1.807) is 25.8 Å². The molecule has 5 heteroatoms. The van der Waals surface area contributed by atoms with Gasteiger partial charge in [-0.25, -0.2) is 0 Å². The van der Waals surface area contributed by atoms with E-state index in [2.05, 4.69) is 5.32 Å². The van der Waals surface area contributed by atoms with Crippen LogP contribution >= 0.6 is 11.8 Å². The summed E-state index contributed by atoms with van der Waals surface area (Å²) in [4.78, 5) is 11.2. The lowest BCUT2D eigenvalue weighted by molar-refractivity contribution is -0.118. The number of hydrogen-bond donors (Lipinski definition) is 2. The van der Waals surface area contributed by atoms with E-state index in [9.17, 15) is 4.79 Å². The average molecular weight is 235 g/mol. The number of aliphatic hydroxyl groups is 1. The first-order valence-corrected chi connectivity index (χ1v) is 6.33. The summed E-state index contributed by atoms with van der Waals surface area (Å²) in [7, 11) is 1.65. The van der Waals surface area contributed by atoms with Crippen LogP contribution < -0.4 is 5.32 Å². The van der Waals surface area contributed by atoms with Crippen molar-refractivity contribution in [3.8, 4) is 0 Å². The number of hydrogen-bond acceptors (Lipinski definition) is 4. The second-order valence-electron chi connectivity index (χ2n) is 3.39. The first-order chi connectivity index (χ1) is 7.16. The van der Waals surface area contributed by atoms with Crippen molar-refractivity contribution in [3.05, 3.63) is 0 Å². The lowest BCUT2D eigenvalue weighted by atomic mass is 10.2. The zero-order valence-corrected chi connectivity index (χ0v) is 10.3. The fourth-order valence-corrected chi connectivity index (χ4v) is 1.70. The van der Waals surface area contributed by atoms with Gasteiger partial charge in [0.2, 0.25) is 5.91 Å². The van der Waals surface area contributed by atoms with Crippen LogP contribution in [0.4, 0.5) is 0 Å². The summed E-state index contributed by atoms with van der Waals surface area (Å²) in [6.45, 7) is 3.08. The molecule has 0 aliphatic rings. The molecule has 1 amide bonds. The van der Waals surface area contributed by atoms with Crippen LogP contribution in [0.5, 0.6) is 0 Å². The summed E-state index contributed by atoms with van der Waals surface area (Å²) in [5.74, 6) is 1.39. The summed E-state index contributed by atoms with van der Waals surface area (Å²) < 4.78 is 4.87. The van der Waals surface area contributed by atoms with Gasteiger partial charge in [-0.2, -0.15) is 0 Å².